The fraction of sp³-hybridized carbons (Fsp3) is 0.200. The van der Waals surface area contributed by atoms with Gasteiger partial charge >= 0.3 is 5.92 Å². The Kier molecular flexibility index (Phi) is 3.26. The smallest absolute Gasteiger partial charge is 0.367 e. The van der Waals surface area contributed by atoms with Gasteiger partial charge in [-0.05, 0) is 0 Å². The van der Waals surface area contributed by atoms with Gasteiger partial charge < -0.3 is 9.73 Å². The molecule has 0 aliphatic heterocycles. The number of rotatable bonds is 4. The number of carbonyl (C=O) groups is 1. The summed E-state index contributed by atoms with van der Waals surface area (Å²) >= 11 is 0. The summed E-state index contributed by atoms with van der Waals surface area (Å²) in [7, 11) is 0. The van der Waals surface area contributed by atoms with E-state index in [9.17, 15) is 13.6 Å². The quantitative estimate of drug-likeness (QED) is 0.875. The number of nitrogens with zero attached hydrogens (tertiary/aromatic N) is 3. The number of oxazole rings is 1. The fourth-order valence-corrected chi connectivity index (χ4v) is 1.19. The molecule has 0 saturated carbocycles. The van der Waals surface area contributed by atoms with Gasteiger partial charge in [0, 0.05) is 12.4 Å². The number of alkyl halides is 2. The van der Waals surface area contributed by atoms with Crippen molar-refractivity contribution in [3.05, 3.63) is 42.6 Å². The van der Waals surface area contributed by atoms with Crippen LogP contribution in [0.25, 0.3) is 0 Å². The zero-order chi connectivity index (χ0) is 13.0. The van der Waals surface area contributed by atoms with Gasteiger partial charge in [0.1, 0.15) is 11.5 Å². The maximum Gasteiger partial charge on any atom is 0.367 e. The Morgan fingerprint density at radius 2 is 2.17 bits per heavy atom. The van der Waals surface area contributed by atoms with Crippen molar-refractivity contribution in [2.24, 2.45) is 0 Å². The van der Waals surface area contributed by atoms with E-state index in [0.717, 1.165) is 18.8 Å². The van der Waals surface area contributed by atoms with Gasteiger partial charge in [-0.15, -0.1) is 0 Å². The van der Waals surface area contributed by atoms with Crippen LogP contribution in [0.1, 0.15) is 11.5 Å². The van der Waals surface area contributed by atoms with E-state index in [-0.39, 0.29) is 12.3 Å². The minimum atomic E-state index is -3.74. The van der Waals surface area contributed by atoms with Gasteiger partial charge in [-0.3, -0.25) is 14.8 Å². The van der Waals surface area contributed by atoms with Crippen molar-refractivity contribution in [1.29, 1.82) is 0 Å². The molecule has 2 rings (SSSR count). The van der Waals surface area contributed by atoms with E-state index in [4.69, 9.17) is 4.42 Å². The molecule has 0 bridgehead atoms. The average Bonchev–Trinajstić information content (AvgIpc) is 2.90. The van der Waals surface area contributed by atoms with Crippen molar-refractivity contribution in [2.45, 2.75) is 12.5 Å². The van der Waals surface area contributed by atoms with Crippen LogP contribution >= 0.6 is 0 Å². The summed E-state index contributed by atoms with van der Waals surface area (Å²) in [4.78, 5) is 21.9. The van der Waals surface area contributed by atoms with Crippen molar-refractivity contribution >= 4 is 5.91 Å². The predicted molar refractivity (Wildman–Crippen MR) is 54.3 cm³/mol. The number of halogens is 2. The number of hydrogen-bond donors (Lipinski definition) is 1. The topological polar surface area (TPSA) is 80.9 Å². The molecule has 2 aromatic rings. The Morgan fingerprint density at radius 1 is 1.33 bits per heavy atom. The van der Waals surface area contributed by atoms with Crippen molar-refractivity contribution < 1.29 is 18.0 Å². The first-order valence-corrected chi connectivity index (χ1v) is 4.90. The van der Waals surface area contributed by atoms with Crippen LogP contribution in [-0.4, -0.2) is 20.9 Å². The summed E-state index contributed by atoms with van der Waals surface area (Å²) in [6, 6.07) is 0. The average molecular weight is 254 g/mol. The second-order valence-electron chi connectivity index (χ2n) is 3.32. The lowest BCUT2D eigenvalue weighted by atomic mass is 10.2. The molecule has 0 fully saturated rings. The number of aromatic nitrogens is 3. The monoisotopic (exact) mass is 254 g/mol. The van der Waals surface area contributed by atoms with Gasteiger partial charge in [0.15, 0.2) is 6.39 Å². The van der Waals surface area contributed by atoms with Crippen molar-refractivity contribution in [1.82, 2.24) is 20.3 Å². The molecule has 0 spiro atoms. The fourth-order valence-electron chi connectivity index (χ4n) is 1.19. The second-order valence-corrected chi connectivity index (χ2v) is 3.32. The van der Waals surface area contributed by atoms with Crippen molar-refractivity contribution in [2.75, 3.05) is 0 Å². The minimum Gasteiger partial charge on any atom is -0.447 e. The highest BCUT2D eigenvalue weighted by Crippen LogP contribution is 2.25. The molecular weight excluding hydrogens is 246 g/mol. The van der Waals surface area contributed by atoms with Crippen LogP contribution in [-0.2, 0) is 17.3 Å². The molecule has 0 aliphatic rings. The third-order valence-electron chi connectivity index (χ3n) is 2.08. The van der Waals surface area contributed by atoms with Crippen LogP contribution in [0.15, 0.2) is 35.6 Å². The lowest BCUT2D eigenvalue weighted by molar-refractivity contribution is -0.147. The summed E-state index contributed by atoms with van der Waals surface area (Å²) in [6.45, 7) is -0.172. The molecule has 2 heterocycles. The standard InChI is InChI=1S/C10H8F2N4O2/c11-10(12,8-5-13-1-2-15-8)9(17)16-4-7-3-14-6-18-7/h1-3,5-6H,4H2,(H,16,17). The number of carbonyl (C=O) groups excluding carboxylic acids is 1. The molecule has 94 valence electrons. The van der Waals surface area contributed by atoms with E-state index in [1.54, 1.807) is 0 Å². The molecule has 0 atom stereocenters. The SMILES string of the molecule is O=C(NCc1cnco1)C(F)(F)c1cnccn1. The number of amides is 1. The third-order valence-corrected chi connectivity index (χ3v) is 2.08. The molecule has 0 aromatic carbocycles. The molecular formula is C10H8F2N4O2. The lowest BCUT2D eigenvalue weighted by Gasteiger charge is -2.14. The van der Waals surface area contributed by atoms with Crippen LogP contribution in [0.5, 0.6) is 0 Å². The Morgan fingerprint density at radius 3 is 2.78 bits per heavy atom. The van der Waals surface area contributed by atoms with E-state index < -0.39 is 17.5 Å². The van der Waals surface area contributed by atoms with E-state index in [1.807, 2.05) is 5.32 Å². The van der Waals surface area contributed by atoms with Gasteiger partial charge in [-0.25, -0.2) is 4.98 Å². The molecule has 0 unspecified atom stereocenters. The van der Waals surface area contributed by atoms with Crippen LogP contribution in [0.3, 0.4) is 0 Å². The first kappa shape index (κ1) is 12.1. The molecule has 1 amide bonds. The van der Waals surface area contributed by atoms with E-state index in [1.165, 1.54) is 12.4 Å². The Labute approximate surface area is 100 Å². The van der Waals surface area contributed by atoms with E-state index in [2.05, 4.69) is 15.0 Å². The van der Waals surface area contributed by atoms with Gasteiger partial charge in [0.25, 0.3) is 5.91 Å². The molecule has 18 heavy (non-hydrogen) atoms. The predicted octanol–water partition coefficient (Wildman–Crippen LogP) is 0.873. The summed E-state index contributed by atoms with van der Waals surface area (Å²) in [5, 5.41) is 2.03. The summed E-state index contributed by atoms with van der Waals surface area (Å²) < 4.78 is 32.0. The van der Waals surface area contributed by atoms with Gasteiger partial charge in [0.05, 0.1) is 18.9 Å². The molecule has 8 heteroatoms. The van der Waals surface area contributed by atoms with E-state index in [0.29, 0.717) is 0 Å². The van der Waals surface area contributed by atoms with Crippen LogP contribution in [0.4, 0.5) is 8.78 Å². The van der Waals surface area contributed by atoms with Crippen LogP contribution in [0, 0.1) is 0 Å². The first-order chi connectivity index (χ1) is 8.60. The maximum absolute atomic E-state index is 13.6. The largest absolute Gasteiger partial charge is 0.447 e. The third kappa shape index (κ3) is 2.47. The van der Waals surface area contributed by atoms with Gasteiger partial charge in [-0.2, -0.15) is 8.78 Å². The van der Waals surface area contributed by atoms with Crippen LogP contribution < -0.4 is 5.32 Å². The summed E-state index contributed by atoms with van der Waals surface area (Å²) in [6.07, 6.45) is 5.63. The first-order valence-electron chi connectivity index (χ1n) is 4.90. The molecule has 0 aliphatic carbocycles. The Balaban J connectivity index is 2.04. The Bertz CT molecular complexity index is 516. The molecule has 6 nitrogen and oxygen atoms in total. The summed E-state index contributed by atoms with van der Waals surface area (Å²) in [5.74, 6) is -4.94. The highest BCUT2D eigenvalue weighted by atomic mass is 19.3. The number of hydrogen-bond acceptors (Lipinski definition) is 5. The highest BCUT2D eigenvalue weighted by molar-refractivity contribution is 5.84. The normalized spacial score (nSPS) is 11.2. The van der Waals surface area contributed by atoms with Gasteiger partial charge in [0.2, 0.25) is 0 Å². The molecule has 0 saturated heterocycles. The van der Waals surface area contributed by atoms with Gasteiger partial charge in [-0.1, -0.05) is 0 Å². The zero-order valence-corrected chi connectivity index (χ0v) is 9.01. The lowest BCUT2D eigenvalue weighted by Crippen LogP contribution is -2.38. The molecule has 0 radical (unpaired) electrons. The zero-order valence-electron chi connectivity index (χ0n) is 9.01. The van der Waals surface area contributed by atoms with Crippen LogP contribution in [0.2, 0.25) is 0 Å². The molecule has 2 aromatic heterocycles. The maximum atomic E-state index is 13.6. The number of nitrogens with one attached hydrogen (secondary N) is 1. The Hall–Kier alpha value is -2.38. The van der Waals surface area contributed by atoms with Crippen molar-refractivity contribution in [3.63, 3.8) is 0 Å². The second kappa shape index (κ2) is 4.86. The highest BCUT2D eigenvalue weighted by Gasteiger charge is 2.42. The minimum absolute atomic E-state index is 0.172. The van der Waals surface area contributed by atoms with Crippen molar-refractivity contribution in [3.8, 4) is 0 Å². The molecule has 1 N–H and O–H groups in total. The van der Waals surface area contributed by atoms with E-state index >= 15 is 0 Å². The summed E-state index contributed by atoms with van der Waals surface area (Å²) in [5.41, 5.74) is -0.708.